The highest BCUT2D eigenvalue weighted by Crippen LogP contribution is 2.31. The number of aromatic nitrogens is 3. The van der Waals surface area contributed by atoms with Gasteiger partial charge in [-0.3, -0.25) is 4.79 Å². The zero-order valence-electron chi connectivity index (χ0n) is 19.0. The third kappa shape index (κ3) is 5.23. The lowest BCUT2D eigenvalue weighted by Crippen LogP contribution is -2.29. The number of H-pyrrole nitrogens is 1. The summed E-state index contributed by atoms with van der Waals surface area (Å²) in [6.07, 6.45) is 2.39. The fourth-order valence-electron chi connectivity index (χ4n) is 3.79. The maximum atomic E-state index is 12.6. The zero-order chi connectivity index (χ0) is 23.2. The van der Waals surface area contributed by atoms with Crippen LogP contribution in [0.15, 0.2) is 59.3 Å². The minimum Gasteiger partial charge on any atom is -0.497 e. The van der Waals surface area contributed by atoms with Crippen LogP contribution in [-0.4, -0.2) is 41.8 Å². The maximum absolute atomic E-state index is 12.6. The zero-order valence-corrected chi connectivity index (χ0v) is 19.0. The first-order chi connectivity index (χ1) is 16.1. The summed E-state index contributed by atoms with van der Waals surface area (Å²) in [5, 5.41) is 8.11. The van der Waals surface area contributed by atoms with E-state index in [9.17, 15) is 4.79 Å². The van der Waals surface area contributed by atoms with E-state index >= 15 is 0 Å². The van der Waals surface area contributed by atoms with E-state index < -0.39 is 0 Å². The summed E-state index contributed by atoms with van der Waals surface area (Å²) >= 11 is 0. The van der Waals surface area contributed by atoms with Gasteiger partial charge in [0.1, 0.15) is 11.9 Å². The van der Waals surface area contributed by atoms with Crippen LogP contribution in [0.25, 0.3) is 10.9 Å². The monoisotopic (exact) mass is 448 g/mol. The number of hydrogen-bond acceptors (Lipinski definition) is 6. The molecule has 8 heteroatoms. The molecule has 0 unspecified atom stereocenters. The van der Waals surface area contributed by atoms with Crippen LogP contribution in [-0.2, 0) is 16.0 Å². The van der Waals surface area contributed by atoms with Crippen molar-refractivity contribution >= 4 is 16.8 Å². The Kier molecular flexibility index (Phi) is 7.04. The van der Waals surface area contributed by atoms with Crippen LogP contribution >= 0.6 is 0 Å². The summed E-state index contributed by atoms with van der Waals surface area (Å²) < 4.78 is 15.7. The number of aryl methyl sites for hydroxylation is 1. The lowest BCUT2D eigenvalue weighted by molar-refractivity contribution is -0.121. The van der Waals surface area contributed by atoms with Gasteiger partial charge in [-0.15, -0.1) is 0 Å². The molecule has 0 fully saturated rings. The number of amides is 1. The number of para-hydroxylation sites is 1. The van der Waals surface area contributed by atoms with E-state index in [0.717, 1.165) is 27.8 Å². The number of ether oxygens (including phenoxy) is 2. The van der Waals surface area contributed by atoms with Gasteiger partial charge >= 0.3 is 0 Å². The third-order valence-electron chi connectivity index (χ3n) is 5.79. The molecule has 2 aromatic heterocycles. The molecule has 0 aliphatic carbocycles. The first-order valence-electron chi connectivity index (χ1n) is 10.9. The number of aromatic amines is 1. The van der Waals surface area contributed by atoms with Crippen LogP contribution < -0.4 is 10.1 Å². The van der Waals surface area contributed by atoms with Crippen molar-refractivity contribution in [2.24, 2.45) is 0 Å². The predicted octanol–water partition coefficient (Wildman–Crippen LogP) is 4.15. The molecule has 1 amide bonds. The molecule has 0 radical (unpaired) electrons. The highest BCUT2D eigenvalue weighted by Gasteiger charge is 2.20. The van der Waals surface area contributed by atoms with Crippen LogP contribution in [0, 0.1) is 0 Å². The van der Waals surface area contributed by atoms with Gasteiger partial charge in [-0.25, -0.2) is 0 Å². The van der Waals surface area contributed by atoms with Crippen LogP contribution in [0.1, 0.15) is 48.2 Å². The number of rotatable bonds is 10. The average Bonchev–Trinajstić information content (AvgIpc) is 3.50. The number of nitrogens with zero attached hydrogens (tertiary/aromatic N) is 2. The van der Waals surface area contributed by atoms with Crippen molar-refractivity contribution in [3.8, 4) is 5.75 Å². The van der Waals surface area contributed by atoms with Gasteiger partial charge in [0, 0.05) is 49.5 Å². The van der Waals surface area contributed by atoms with Crippen molar-refractivity contribution in [3.05, 3.63) is 77.6 Å². The Bertz CT molecular complexity index is 1200. The molecule has 2 atom stereocenters. The van der Waals surface area contributed by atoms with Crippen molar-refractivity contribution in [2.75, 3.05) is 20.8 Å². The standard InChI is InChI=1S/C25H28N4O4/c1-16(31-2)25-28-24(33-29-25)13-12-23(30)27-14-20(17-8-10-18(32-3)11-9-17)21-15-26-22-7-5-4-6-19(21)22/h4-11,15-16,20,26H,12-14H2,1-3H3,(H,27,30)/t16-,20-/m0/s1. The molecule has 172 valence electrons. The predicted molar refractivity (Wildman–Crippen MR) is 124 cm³/mol. The van der Waals surface area contributed by atoms with Crippen LogP contribution in [0.5, 0.6) is 5.75 Å². The first-order valence-corrected chi connectivity index (χ1v) is 10.9. The van der Waals surface area contributed by atoms with Crippen molar-refractivity contribution in [1.29, 1.82) is 0 Å². The van der Waals surface area contributed by atoms with Gasteiger partial charge in [0.25, 0.3) is 0 Å². The molecule has 0 aliphatic rings. The van der Waals surface area contributed by atoms with Crippen LogP contribution in [0.2, 0.25) is 0 Å². The number of hydrogen-bond donors (Lipinski definition) is 2. The lowest BCUT2D eigenvalue weighted by Gasteiger charge is -2.18. The number of carbonyl (C=O) groups is 1. The Morgan fingerprint density at radius 3 is 2.70 bits per heavy atom. The van der Waals surface area contributed by atoms with E-state index in [4.69, 9.17) is 14.0 Å². The van der Waals surface area contributed by atoms with Crippen molar-refractivity contribution in [2.45, 2.75) is 31.8 Å². The van der Waals surface area contributed by atoms with E-state index in [2.05, 4.69) is 26.5 Å². The number of carbonyl (C=O) groups excluding carboxylic acids is 1. The molecule has 8 nitrogen and oxygen atoms in total. The van der Waals surface area contributed by atoms with Crippen molar-refractivity contribution in [1.82, 2.24) is 20.4 Å². The molecule has 2 N–H and O–H groups in total. The Labute approximate surface area is 192 Å². The van der Waals surface area contributed by atoms with Gasteiger partial charge in [-0.05, 0) is 36.2 Å². The molecule has 0 saturated heterocycles. The second-order valence-electron chi connectivity index (χ2n) is 7.84. The Hall–Kier alpha value is -3.65. The van der Waals surface area contributed by atoms with Crippen molar-refractivity contribution in [3.63, 3.8) is 0 Å². The highest BCUT2D eigenvalue weighted by molar-refractivity contribution is 5.84. The third-order valence-corrected chi connectivity index (χ3v) is 5.79. The van der Waals surface area contributed by atoms with Gasteiger partial charge in [0.05, 0.1) is 7.11 Å². The normalized spacial score (nSPS) is 13.1. The van der Waals surface area contributed by atoms with Gasteiger partial charge < -0.3 is 24.3 Å². The lowest BCUT2D eigenvalue weighted by atomic mass is 9.90. The Balaban J connectivity index is 1.46. The second-order valence-corrected chi connectivity index (χ2v) is 7.84. The minimum absolute atomic E-state index is 0.0198. The summed E-state index contributed by atoms with van der Waals surface area (Å²) in [5.74, 6) is 1.60. The summed E-state index contributed by atoms with van der Waals surface area (Å²) in [5.41, 5.74) is 3.29. The highest BCUT2D eigenvalue weighted by atomic mass is 16.5. The summed E-state index contributed by atoms with van der Waals surface area (Å²) in [6.45, 7) is 2.30. The molecule has 0 saturated carbocycles. The van der Waals surface area contributed by atoms with E-state index in [-0.39, 0.29) is 24.3 Å². The van der Waals surface area contributed by atoms with Crippen molar-refractivity contribution < 1.29 is 18.8 Å². The molecular weight excluding hydrogens is 420 g/mol. The molecule has 4 rings (SSSR count). The largest absolute Gasteiger partial charge is 0.497 e. The summed E-state index contributed by atoms with van der Waals surface area (Å²) in [7, 11) is 3.23. The van der Waals surface area contributed by atoms with Gasteiger partial charge in [-0.1, -0.05) is 35.5 Å². The molecule has 0 aliphatic heterocycles. The van der Waals surface area contributed by atoms with Gasteiger partial charge in [0.15, 0.2) is 5.82 Å². The number of nitrogens with one attached hydrogen (secondary N) is 2. The summed E-state index contributed by atoms with van der Waals surface area (Å²) in [6, 6.07) is 16.1. The van der Waals surface area contributed by atoms with Gasteiger partial charge in [-0.2, -0.15) is 4.98 Å². The topological polar surface area (TPSA) is 102 Å². The van der Waals surface area contributed by atoms with Crippen LogP contribution in [0.4, 0.5) is 0 Å². The van der Waals surface area contributed by atoms with E-state index in [1.54, 1.807) is 14.2 Å². The maximum Gasteiger partial charge on any atom is 0.227 e. The Morgan fingerprint density at radius 1 is 1.15 bits per heavy atom. The Morgan fingerprint density at radius 2 is 1.94 bits per heavy atom. The molecule has 0 spiro atoms. The quantitative estimate of drug-likeness (QED) is 0.378. The van der Waals surface area contributed by atoms with Gasteiger partial charge in [0.2, 0.25) is 11.8 Å². The molecule has 0 bridgehead atoms. The number of fused-ring (bicyclic) bond motifs is 1. The first kappa shape index (κ1) is 22.5. The second kappa shape index (κ2) is 10.3. The molecular formula is C25H28N4O4. The number of methoxy groups -OCH3 is 2. The fraction of sp³-hybridized carbons (Fsp3) is 0.320. The van der Waals surface area contributed by atoms with Crippen LogP contribution in [0.3, 0.4) is 0 Å². The van der Waals surface area contributed by atoms with E-state index in [1.807, 2.05) is 55.6 Å². The number of benzene rings is 2. The molecule has 2 heterocycles. The SMILES string of the molecule is COc1ccc([C@H](CNC(=O)CCc2nc([C@H](C)OC)no2)c2c[nH]c3ccccc23)cc1. The summed E-state index contributed by atoms with van der Waals surface area (Å²) in [4.78, 5) is 20.3. The molecule has 33 heavy (non-hydrogen) atoms. The average molecular weight is 449 g/mol. The minimum atomic E-state index is -0.252. The molecule has 4 aromatic rings. The fourth-order valence-corrected chi connectivity index (χ4v) is 3.79. The van der Waals surface area contributed by atoms with E-state index in [1.165, 1.54) is 0 Å². The molecule has 2 aromatic carbocycles. The van der Waals surface area contributed by atoms with E-state index in [0.29, 0.717) is 24.7 Å². The smallest absolute Gasteiger partial charge is 0.227 e.